The molecular weight excluding hydrogens is 327 g/mol. The molecule has 2 atom stereocenters. The second-order valence-electron chi connectivity index (χ2n) is 6.06. The topological polar surface area (TPSA) is 12.0 Å². The first-order valence-corrected chi connectivity index (χ1v) is 7.25. The molecule has 1 heterocycles. The maximum absolute atomic E-state index is 14.1. The number of halogens is 7. The molecule has 23 heavy (non-hydrogen) atoms. The van der Waals surface area contributed by atoms with Gasteiger partial charge >= 0.3 is 18.0 Å². The average Bonchev–Trinajstić information content (AvgIpc) is 2.92. The molecule has 1 fully saturated rings. The average molecular weight is 341 g/mol. The van der Waals surface area contributed by atoms with Gasteiger partial charge < -0.3 is 5.32 Å². The minimum atomic E-state index is -6.06. The van der Waals surface area contributed by atoms with Gasteiger partial charge in [-0.25, -0.2) is 4.39 Å². The van der Waals surface area contributed by atoms with Crippen molar-refractivity contribution in [1.29, 1.82) is 0 Å². The Morgan fingerprint density at radius 2 is 1.57 bits per heavy atom. The number of benzene rings is 1. The van der Waals surface area contributed by atoms with Crippen molar-refractivity contribution in [2.45, 2.75) is 49.2 Å². The molecule has 1 aromatic rings. The van der Waals surface area contributed by atoms with Gasteiger partial charge in [0.15, 0.2) is 0 Å². The first-order chi connectivity index (χ1) is 10.6. The van der Waals surface area contributed by atoms with E-state index in [4.69, 9.17) is 0 Å². The minimum absolute atomic E-state index is 0.0681. The van der Waals surface area contributed by atoms with Crippen LogP contribution in [-0.2, 0) is 12.1 Å². The third-order valence-electron chi connectivity index (χ3n) is 4.79. The standard InChI is InChI=1S/C15H14F7N/c16-13(14(17,18)19,15(20,21)22)9-2-3-10-8(7-9)1-4-12-11(10)5-6-23-12/h2-3,7,11-12,23H,1,4-6H2/t11-,12+/m0/s1. The van der Waals surface area contributed by atoms with Gasteiger partial charge in [-0.1, -0.05) is 18.2 Å². The van der Waals surface area contributed by atoms with Crippen LogP contribution in [0.3, 0.4) is 0 Å². The summed E-state index contributed by atoms with van der Waals surface area (Å²) in [6.07, 6.45) is -10.4. The minimum Gasteiger partial charge on any atom is -0.313 e. The second kappa shape index (κ2) is 5.09. The van der Waals surface area contributed by atoms with Crippen molar-refractivity contribution in [3.05, 3.63) is 34.9 Å². The molecule has 1 nitrogen and oxygen atoms in total. The molecule has 0 bridgehead atoms. The number of nitrogens with one attached hydrogen (secondary N) is 1. The van der Waals surface area contributed by atoms with Gasteiger partial charge in [0.2, 0.25) is 0 Å². The summed E-state index contributed by atoms with van der Waals surface area (Å²) in [5.41, 5.74) is -5.63. The van der Waals surface area contributed by atoms with Crippen molar-refractivity contribution in [3.63, 3.8) is 0 Å². The summed E-state index contributed by atoms with van der Waals surface area (Å²) >= 11 is 0. The Hall–Kier alpha value is -1.31. The second-order valence-corrected chi connectivity index (χ2v) is 6.06. The lowest BCUT2D eigenvalue weighted by molar-refractivity contribution is -0.348. The fourth-order valence-corrected chi connectivity index (χ4v) is 3.64. The van der Waals surface area contributed by atoms with Crippen LogP contribution in [0.5, 0.6) is 0 Å². The van der Waals surface area contributed by atoms with Gasteiger partial charge in [0.1, 0.15) is 0 Å². The van der Waals surface area contributed by atoms with E-state index in [0.29, 0.717) is 24.5 Å². The van der Waals surface area contributed by atoms with E-state index in [0.717, 1.165) is 24.6 Å². The molecule has 1 N–H and O–H groups in total. The first kappa shape index (κ1) is 16.5. The summed E-state index contributed by atoms with van der Waals surface area (Å²) in [7, 11) is 0. The Kier molecular flexibility index (Phi) is 3.66. The van der Waals surface area contributed by atoms with Crippen molar-refractivity contribution in [1.82, 2.24) is 5.32 Å². The van der Waals surface area contributed by atoms with Gasteiger partial charge in [-0.3, -0.25) is 0 Å². The highest BCUT2D eigenvalue weighted by molar-refractivity contribution is 5.41. The molecule has 1 saturated heterocycles. The molecular formula is C15H14F7N. The Bertz CT molecular complexity index is 591. The van der Waals surface area contributed by atoms with Gasteiger partial charge in [-0.15, -0.1) is 0 Å². The van der Waals surface area contributed by atoms with Gasteiger partial charge in [0, 0.05) is 17.5 Å². The predicted octanol–water partition coefficient (Wildman–Crippen LogP) is 4.37. The summed E-state index contributed by atoms with van der Waals surface area (Å²) < 4.78 is 91.1. The number of alkyl halides is 7. The van der Waals surface area contributed by atoms with Gasteiger partial charge in [0.25, 0.3) is 0 Å². The highest BCUT2D eigenvalue weighted by atomic mass is 19.4. The molecule has 0 aromatic heterocycles. The molecule has 3 rings (SSSR count). The number of hydrogen-bond acceptors (Lipinski definition) is 1. The third kappa shape index (κ3) is 2.42. The molecule has 0 unspecified atom stereocenters. The molecule has 128 valence electrons. The van der Waals surface area contributed by atoms with E-state index in [-0.39, 0.29) is 12.0 Å². The van der Waals surface area contributed by atoms with Crippen molar-refractivity contribution < 1.29 is 30.7 Å². The van der Waals surface area contributed by atoms with Crippen LogP contribution in [0, 0.1) is 0 Å². The quantitative estimate of drug-likeness (QED) is 0.748. The molecule has 1 aliphatic heterocycles. The summed E-state index contributed by atoms with van der Waals surface area (Å²) in [4.78, 5) is 0. The van der Waals surface area contributed by atoms with E-state index < -0.39 is 23.6 Å². The maximum Gasteiger partial charge on any atom is 0.435 e. The zero-order chi connectivity index (χ0) is 17.0. The molecule has 1 aliphatic carbocycles. The molecule has 2 aliphatic rings. The Morgan fingerprint density at radius 1 is 0.913 bits per heavy atom. The van der Waals surface area contributed by atoms with Gasteiger partial charge in [0.05, 0.1) is 0 Å². The Labute approximate surface area is 127 Å². The number of rotatable bonds is 1. The molecule has 0 saturated carbocycles. The molecule has 0 radical (unpaired) electrons. The van der Waals surface area contributed by atoms with Crippen LogP contribution < -0.4 is 5.32 Å². The van der Waals surface area contributed by atoms with Crippen LogP contribution in [0.15, 0.2) is 18.2 Å². The van der Waals surface area contributed by atoms with Crippen molar-refractivity contribution in [3.8, 4) is 0 Å². The SMILES string of the molecule is FC(F)(F)C(F)(c1ccc2c(c1)CC[C@H]1NCC[C@@H]21)C(F)(F)F. The lowest BCUT2D eigenvalue weighted by Crippen LogP contribution is -2.50. The van der Waals surface area contributed by atoms with Crippen LogP contribution in [-0.4, -0.2) is 24.9 Å². The van der Waals surface area contributed by atoms with Crippen LogP contribution >= 0.6 is 0 Å². The predicted molar refractivity (Wildman–Crippen MR) is 68.8 cm³/mol. The smallest absolute Gasteiger partial charge is 0.313 e. The molecule has 0 spiro atoms. The van der Waals surface area contributed by atoms with Crippen LogP contribution in [0.1, 0.15) is 35.4 Å². The number of fused-ring (bicyclic) bond motifs is 3. The highest BCUT2D eigenvalue weighted by Crippen LogP contribution is 2.54. The fraction of sp³-hybridized carbons (Fsp3) is 0.600. The highest BCUT2D eigenvalue weighted by Gasteiger charge is 2.73. The fourth-order valence-electron chi connectivity index (χ4n) is 3.64. The summed E-state index contributed by atoms with van der Waals surface area (Å²) in [5.74, 6) is 0.0681. The van der Waals surface area contributed by atoms with E-state index in [1.54, 1.807) is 0 Å². The van der Waals surface area contributed by atoms with Crippen molar-refractivity contribution >= 4 is 0 Å². The lowest BCUT2D eigenvalue weighted by atomic mass is 9.78. The van der Waals surface area contributed by atoms with Crippen LogP contribution in [0.25, 0.3) is 0 Å². The van der Waals surface area contributed by atoms with Gasteiger partial charge in [-0.2, -0.15) is 26.3 Å². The van der Waals surface area contributed by atoms with E-state index >= 15 is 0 Å². The summed E-state index contributed by atoms with van der Waals surface area (Å²) in [5, 5.41) is 3.26. The number of aryl methyl sites for hydroxylation is 1. The zero-order valence-corrected chi connectivity index (χ0v) is 11.9. The lowest BCUT2D eigenvalue weighted by Gasteiger charge is -2.33. The number of hydrogen-bond donors (Lipinski definition) is 1. The van der Waals surface area contributed by atoms with Crippen LogP contribution in [0.2, 0.25) is 0 Å². The molecule has 8 heteroatoms. The van der Waals surface area contributed by atoms with Crippen molar-refractivity contribution in [2.24, 2.45) is 0 Å². The van der Waals surface area contributed by atoms with Crippen molar-refractivity contribution in [2.75, 3.05) is 6.54 Å². The zero-order valence-electron chi connectivity index (χ0n) is 11.9. The summed E-state index contributed by atoms with van der Waals surface area (Å²) in [6.45, 7) is 0.759. The van der Waals surface area contributed by atoms with E-state index in [1.807, 2.05) is 0 Å². The van der Waals surface area contributed by atoms with Gasteiger partial charge in [-0.05, 0) is 36.9 Å². The first-order valence-electron chi connectivity index (χ1n) is 7.25. The third-order valence-corrected chi connectivity index (χ3v) is 4.79. The van der Waals surface area contributed by atoms with E-state index in [9.17, 15) is 30.7 Å². The molecule has 1 aromatic carbocycles. The largest absolute Gasteiger partial charge is 0.435 e. The van der Waals surface area contributed by atoms with E-state index in [1.165, 1.54) is 6.07 Å². The maximum atomic E-state index is 14.1. The monoisotopic (exact) mass is 341 g/mol. The Balaban J connectivity index is 2.07. The van der Waals surface area contributed by atoms with E-state index in [2.05, 4.69) is 5.32 Å². The normalized spacial score (nSPS) is 25.2. The summed E-state index contributed by atoms with van der Waals surface area (Å²) in [6, 6.07) is 2.78. The molecule has 0 amide bonds. The Morgan fingerprint density at radius 3 is 2.17 bits per heavy atom. The van der Waals surface area contributed by atoms with Crippen LogP contribution in [0.4, 0.5) is 30.7 Å².